The molecule has 0 spiro atoms. The van der Waals surface area contributed by atoms with Gasteiger partial charge in [-0.2, -0.15) is 15.4 Å². The Labute approximate surface area is 52.4 Å². The fraction of sp³-hybridized carbons (Fsp3) is 0. The molecule has 0 heterocycles. The van der Waals surface area contributed by atoms with Crippen molar-refractivity contribution in [3.8, 4) is 6.19 Å². The van der Waals surface area contributed by atoms with Crippen LogP contribution in [0.1, 0.15) is 0 Å². The van der Waals surface area contributed by atoms with E-state index in [-0.39, 0.29) is 0 Å². The zero-order valence-electron chi connectivity index (χ0n) is 4.14. The van der Waals surface area contributed by atoms with Gasteiger partial charge in [0.2, 0.25) is 6.19 Å². The molecule has 48 valence electrons. The molecule has 0 aromatic heterocycles. The van der Waals surface area contributed by atoms with Crippen molar-refractivity contribution in [3.63, 3.8) is 0 Å². The molecule has 0 aromatic rings. The predicted octanol–water partition coefficient (Wildman–Crippen LogP) is -0.811. The molecule has 2 radical (unpaired) electrons. The lowest BCUT2D eigenvalue weighted by molar-refractivity contribution is 0.166. The van der Waals surface area contributed by atoms with Gasteiger partial charge in [0.15, 0.2) is 0 Å². The van der Waals surface area contributed by atoms with Gasteiger partial charge in [0, 0.05) is 0 Å². The van der Waals surface area contributed by atoms with Crippen molar-refractivity contribution in [1.82, 2.24) is 5.48 Å². The summed E-state index contributed by atoms with van der Waals surface area (Å²) < 4.78 is 17.2. The zero-order chi connectivity index (χ0) is 7.33. The molecular weight excluding hydrogens is 146 g/mol. The molecule has 0 bridgehead atoms. The second-order valence-corrected chi connectivity index (χ2v) is 2.21. The third-order valence-corrected chi connectivity index (χ3v) is 0.928. The second-order valence-electron chi connectivity index (χ2n) is 0.879. The van der Waals surface area contributed by atoms with E-state index in [9.17, 15) is 4.57 Å². The lowest BCUT2D eigenvalue weighted by Gasteiger charge is -2.04. The Kier molecular flexibility index (Phi) is 3.28. The minimum atomic E-state index is -4.25. The molecular formula is CH2BN2O4P. The molecule has 9 heavy (non-hydrogen) atoms. The van der Waals surface area contributed by atoms with Crippen LogP contribution in [0.2, 0.25) is 0 Å². The monoisotopic (exact) mass is 148 g/mol. The summed E-state index contributed by atoms with van der Waals surface area (Å²) in [6.07, 6.45) is 1.22. The average Bonchev–Trinajstić information content (AvgIpc) is 1.84. The number of hydroxylamine groups is 1. The molecule has 0 aliphatic rings. The SMILES string of the molecule is [B]OP(=O)(O)ONC#N. The van der Waals surface area contributed by atoms with Gasteiger partial charge in [0.1, 0.15) is 0 Å². The van der Waals surface area contributed by atoms with Crippen LogP contribution < -0.4 is 5.48 Å². The predicted molar refractivity (Wildman–Crippen MR) is 26.5 cm³/mol. The van der Waals surface area contributed by atoms with E-state index in [1.807, 2.05) is 0 Å². The van der Waals surface area contributed by atoms with Crippen LogP contribution in [0.15, 0.2) is 0 Å². The van der Waals surface area contributed by atoms with E-state index in [4.69, 9.17) is 10.2 Å². The van der Waals surface area contributed by atoms with E-state index in [0.717, 1.165) is 0 Å². The number of hydrogen-bond donors (Lipinski definition) is 2. The maximum absolute atomic E-state index is 10.1. The highest BCUT2D eigenvalue weighted by molar-refractivity contribution is 7.48. The molecule has 0 aromatic carbocycles. The number of phosphoric acid groups is 1. The van der Waals surface area contributed by atoms with E-state index < -0.39 is 7.82 Å². The van der Waals surface area contributed by atoms with Crippen LogP contribution in [0.25, 0.3) is 0 Å². The summed E-state index contributed by atoms with van der Waals surface area (Å²) >= 11 is 0. The first-order valence-electron chi connectivity index (χ1n) is 1.66. The average molecular weight is 148 g/mol. The molecule has 1 unspecified atom stereocenters. The van der Waals surface area contributed by atoms with Gasteiger partial charge in [-0.05, 0) is 0 Å². The summed E-state index contributed by atoms with van der Waals surface area (Å²) in [4.78, 5) is 8.23. The second kappa shape index (κ2) is 3.48. The fourth-order valence-corrected chi connectivity index (χ4v) is 0.299. The van der Waals surface area contributed by atoms with Crippen LogP contribution in [0, 0.1) is 11.5 Å². The van der Waals surface area contributed by atoms with Gasteiger partial charge in [-0.25, -0.2) is 4.57 Å². The molecule has 1 atom stereocenters. The third-order valence-electron chi connectivity index (χ3n) is 0.340. The van der Waals surface area contributed by atoms with Crippen LogP contribution in [0.4, 0.5) is 0 Å². The van der Waals surface area contributed by atoms with Crippen molar-refractivity contribution < 1.29 is 18.5 Å². The van der Waals surface area contributed by atoms with Gasteiger partial charge < -0.3 is 9.33 Å². The molecule has 0 fully saturated rings. The first-order valence-corrected chi connectivity index (χ1v) is 3.16. The van der Waals surface area contributed by atoms with E-state index >= 15 is 0 Å². The highest BCUT2D eigenvalue weighted by Gasteiger charge is 2.17. The van der Waals surface area contributed by atoms with Crippen molar-refractivity contribution >= 4 is 15.9 Å². The lowest BCUT2D eigenvalue weighted by Crippen LogP contribution is -2.05. The molecule has 0 aliphatic carbocycles. The number of nitrogens with zero attached hydrogens (tertiary/aromatic N) is 1. The number of nitriles is 1. The van der Waals surface area contributed by atoms with Crippen molar-refractivity contribution in [2.75, 3.05) is 0 Å². The summed E-state index contributed by atoms with van der Waals surface area (Å²) in [5, 5.41) is 7.71. The Morgan fingerprint density at radius 2 is 2.44 bits per heavy atom. The topological polar surface area (TPSA) is 91.6 Å². The Balaban J connectivity index is 3.63. The van der Waals surface area contributed by atoms with Gasteiger partial charge >= 0.3 is 7.82 Å². The molecule has 2 N–H and O–H groups in total. The fourth-order valence-electron chi connectivity index (χ4n) is 0.0996. The summed E-state index contributed by atoms with van der Waals surface area (Å²) in [5.74, 6) is 0. The van der Waals surface area contributed by atoms with Crippen LogP contribution in [0.3, 0.4) is 0 Å². The van der Waals surface area contributed by atoms with Crippen molar-refractivity contribution in [1.29, 1.82) is 5.26 Å². The van der Waals surface area contributed by atoms with Crippen LogP contribution in [-0.2, 0) is 13.6 Å². The van der Waals surface area contributed by atoms with E-state index in [2.05, 4.69) is 17.1 Å². The molecule has 8 heteroatoms. The normalized spacial score (nSPS) is 15.6. The molecule has 6 nitrogen and oxygen atoms in total. The van der Waals surface area contributed by atoms with E-state index in [1.165, 1.54) is 11.7 Å². The maximum Gasteiger partial charge on any atom is 0.478 e. The number of hydrogen-bond acceptors (Lipinski definition) is 5. The highest BCUT2D eigenvalue weighted by atomic mass is 31.2. The van der Waals surface area contributed by atoms with Gasteiger partial charge in [0.25, 0.3) is 8.05 Å². The van der Waals surface area contributed by atoms with Crippen molar-refractivity contribution in [3.05, 3.63) is 0 Å². The summed E-state index contributed by atoms with van der Waals surface area (Å²) in [7, 11) is 0.0138. The van der Waals surface area contributed by atoms with E-state index in [1.54, 1.807) is 0 Å². The number of nitrogens with one attached hydrogen (secondary N) is 1. The minimum Gasteiger partial charge on any atom is -0.361 e. The number of rotatable bonds is 3. The first kappa shape index (κ1) is 8.46. The molecule has 0 saturated carbocycles. The zero-order valence-corrected chi connectivity index (χ0v) is 5.04. The molecule has 0 rings (SSSR count). The van der Waals surface area contributed by atoms with Gasteiger partial charge in [-0.3, -0.25) is 0 Å². The van der Waals surface area contributed by atoms with Gasteiger partial charge in [0.05, 0.1) is 0 Å². The lowest BCUT2D eigenvalue weighted by atomic mass is 10.6. The highest BCUT2D eigenvalue weighted by Crippen LogP contribution is 2.39. The standard InChI is InChI=1S/CH2BN2O4P/c2-7-9(5,6)8-4-1-3/h4H,(H,5,6). The minimum absolute atomic E-state index is 1.22. The first-order chi connectivity index (χ1) is 4.12. The van der Waals surface area contributed by atoms with Crippen LogP contribution >= 0.6 is 7.82 Å². The molecule has 0 aliphatic heterocycles. The van der Waals surface area contributed by atoms with Crippen molar-refractivity contribution in [2.45, 2.75) is 0 Å². The van der Waals surface area contributed by atoms with Crippen molar-refractivity contribution in [2.24, 2.45) is 0 Å². The smallest absolute Gasteiger partial charge is 0.361 e. The maximum atomic E-state index is 10.1. The summed E-state index contributed by atoms with van der Waals surface area (Å²) in [6, 6.07) is 0. The Hall–Kier alpha value is -0.535. The molecule has 0 saturated heterocycles. The quantitative estimate of drug-likeness (QED) is 0.179. The largest absolute Gasteiger partial charge is 0.478 e. The summed E-state index contributed by atoms with van der Waals surface area (Å²) in [6.45, 7) is 0. The Morgan fingerprint density at radius 3 is 2.78 bits per heavy atom. The molecule has 0 amide bonds. The van der Waals surface area contributed by atoms with Gasteiger partial charge in [-0.1, -0.05) is 0 Å². The summed E-state index contributed by atoms with van der Waals surface area (Å²) in [5.41, 5.74) is 1.43. The van der Waals surface area contributed by atoms with E-state index in [0.29, 0.717) is 0 Å². The van der Waals surface area contributed by atoms with Gasteiger partial charge in [-0.15, -0.1) is 0 Å². The Morgan fingerprint density at radius 1 is 1.89 bits per heavy atom. The third kappa shape index (κ3) is 4.00. The Bertz CT molecular complexity index is 164. The van der Waals surface area contributed by atoms with Crippen LogP contribution in [-0.4, -0.2) is 12.9 Å². The van der Waals surface area contributed by atoms with Crippen LogP contribution in [0.5, 0.6) is 0 Å².